The number of hydrogen-bond donors (Lipinski definition) is 1. The fourth-order valence-corrected chi connectivity index (χ4v) is 1.16. The molecule has 15 heavy (non-hydrogen) atoms. The molecule has 0 atom stereocenters. The van der Waals surface area contributed by atoms with Gasteiger partial charge in [-0.3, -0.25) is 4.79 Å². The van der Waals surface area contributed by atoms with Gasteiger partial charge in [0.15, 0.2) is 0 Å². The Labute approximate surface area is 93.5 Å². The second-order valence-corrected chi connectivity index (χ2v) is 3.95. The third-order valence-corrected chi connectivity index (χ3v) is 1.90. The van der Waals surface area contributed by atoms with Crippen LogP contribution in [0.1, 0.15) is 46.5 Å². The van der Waals surface area contributed by atoms with E-state index in [-0.39, 0.29) is 11.9 Å². The van der Waals surface area contributed by atoms with Crippen molar-refractivity contribution >= 4 is 5.91 Å². The molecule has 0 aromatic carbocycles. The molecule has 2 nitrogen and oxygen atoms in total. The monoisotopic (exact) mass is 209 g/mol. The smallest absolute Gasteiger partial charge is 0.244 e. The molecule has 86 valence electrons. The van der Waals surface area contributed by atoms with Gasteiger partial charge >= 0.3 is 0 Å². The standard InChI is InChI=1S/C13H23NO/c1-4-5-6-7-8-9-10-11-13(15)14-12(2)3/h8-12H,4-7H2,1-3H3,(H,14,15). The molecule has 0 saturated heterocycles. The van der Waals surface area contributed by atoms with Crippen molar-refractivity contribution in [1.82, 2.24) is 5.32 Å². The van der Waals surface area contributed by atoms with E-state index in [0.717, 1.165) is 6.42 Å². The van der Waals surface area contributed by atoms with E-state index in [1.54, 1.807) is 12.2 Å². The van der Waals surface area contributed by atoms with E-state index in [1.165, 1.54) is 19.3 Å². The summed E-state index contributed by atoms with van der Waals surface area (Å²) in [6.45, 7) is 6.10. The van der Waals surface area contributed by atoms with Crippen LogP contribution >= 0.6 is 0 Å². The second kappa shape index (κ2) is 9.50. The second-order valence-electron chi connectivity index (χ2n) is 3.95. The van der Waals surface area contributed by atoms with Crippen molar-refractivity contribution in [1.29, 1.82) is 0 Å². The van der Waals surface area contributed by atoms with E-state index in [0.29, 0.717) is 0 Å². The van der Waals surface area contributed by atoms with Gasteiger partial charge in [0.25, 0.3) is 0 Å². The van der Waals surface area contributed by atoms with Gasteiger partial charge < -0.3 is 5.32 Å². The lowest BCUT2D eigenvalue weighted by Gasteiger charge is -2.03. The van der Waals surface area contributed by atoms with Crippen LogP contribution in [0.2, 0.25) is 0 Å². The molecule has 0 bridgehead atoms. The molecule has 1 amide bonds. The molecule has 0 unspecified atom stereocenters. The number of carbonyl (C=O) groups excluding carboxylic acids is 1. The van der Waals surface area contributed by atoms with E-state index < -0.39 is 0 Å². The minimum Gasteiger partial charge on any atom is -0.350 e. The molecule has 0 aromatic rings. The van der Waals surface area contributed by atoms with Gasteiger partial charge in [-0.15, -0.1) is 0 Å². The van der Waals surface area contributed by atoms with Gasteiger partial charge in [-0.05, 0) is 26.7 Å². The molecule has 1 N–H and O–H groups in total. The maximum Gasteiger partial charge on any atom is 0.244 e. The van der Waals surface area contributed by atoms with Crippen molar-refractivity contribution in [3.05, 3.63) is 24.3 Å². The van der Waals surface area contributed by atoms with Gasteiger partial charge in [0.1, 0.15) is 0 Å². The van der Waals surface area contributed by atoms with E-state index in [1.807, 2.05) is 19.9 Å². The van der Waals surface area contributed by atoms with Gasteiger partial charge in [-0.2, -0.15) is 0 Å². The Morgan fingerprint density at radius 2 is 2.00 bits per heavy atom. The molecule has 0 fully saturated rings. The molecule has 0 saturated carbocycles. The largest absolute Gasteiger partial charge is 0.350 e. The van der Waals surface area contributed by atoms with Gasteiger partial charge in [-0.1, -0.05) is 38.0 Å². The molecule has 0 aliphatic rings. The average molecular weight is 209 g/mol. The van der Waals surface area contributed by atoms with Gasteiger partial charge in [-0.25, -0.2) is 0 Å². The Hall–Kier alpha value is -1.05. The molecular weight excluding hydrogens is 186 g/mol. The van der Waals surface area contributed by atoms with Crippen molar-refractivity contribution < 1.29 is 4.79 Å². The summed E-state index contributed by atoms with van der Waals surface area (Å²) < 4.78 is 0. The highest BCUT2D eigenvalue weighted by Gasteiger charge is 1.95. The number of unbranched alkanes of at least 4 members (excludes halogenated alkanes) is 3. The third-order valence-electron chi connectivity index (χ3n) is 1.90. The summed E-state index contributed by atoms with van der Waals surface area (Å²) in [6.07, 6.45) is 12.3. The molecule has 0 aliphatic carbocycles. The van der Waals surface area contributed by atoms with Crippen molar-refractivity contribution in [3.8, 4) is 0 Å². The number of rotatable bonds is 7. The summed E-state index contributed by atoms with van der Waals surface area (Å²) in [7, 11) is 0. The average Bonchev–Trinajstić information content (AvgIpc) is 2.15. The first-order valence-corrected chi connectivity index (χ1v) is 5.80. The fraction of sp³-hybridized carbons (Fsp3) is 0.615. The molecule has 0 spiro atoms. The van der Waals surface area contributed by atoms with Crippen LogP contribution in [0.25, 0.3) is 0 Å². The van der Waals surface area contributed by atoms with Crippen LogP contribution in [0.4, 0.5) is 0 Å². The number of hydrogen-bond acceptors (Lipinski definition) is 1. The van der Waals surface area contributed by atoms with Crippen molar-refractivity contribution in [2.45, 2.75) is 52.5 Å². The Morgan fingerprint density at radius 1 is 1.27 bits per heavy atom. The van der Waals surface area contributed by atoms with Crippen LogP contribution in [0.3, 0.4) is 0 Å². The Bertz CT molecular complexity index is 217. The highest BCUT2D eigenvalue weighted by molar-refractivity contribution is 5.87. The first-order chi connectivity index (χ1) is 7.16. The van der Waals surface area contributed by atoms with E-state index >= 15 is 0 Å². The predicted molar refractivity (Wildman–Crippen MR) is 65.7 cm³/mol. The van der Waals surface area contributed by atoms with Crippen LogP contribution < -0.4 is 5.32 Å². The molecule has 0 rings (SSSR count). The van der Waals surface area contributed by atoms with Crippen LogP contribution in [-0.4, -0.2) is 11.9 Å². The third kappa shape index (κ3) is 10.9. The SMILES string of the molecule is CCCCCC=CC=CC(=O)NC(C)C. The molecule has 0 radical (unpaired) electrons. The maximum absolute atomic E-state index is 11.2. The van der Waals surface area contributed by atoms with Crippen LogP contribution in [0.15, 0.2) is 24.3 Å². The number of nitrogens with one attached hydrogen (secondary N) is 1. The lowest BCUT2D eigenvalue weighted by Crippen LogP contribution is -2.28. The summed E-state index contributed by atoms with van der Waals surface area (Å²) in [5.74, 6) is -0.0248. The zero-order valence-electron chi connectivity index (χ0n) is 10.1. The summed E-state index contributed by atoms with van der Waals surface area (Å²) in [4.78, 5) is 11.2. The quantitative estimate of drug-likeness (QED) is 0.389. The number of carbonyl (C=O) groups is 1. The molecular formula is C13H23NO. The summed E-state index contributed by atoms with van der Waals surface area (Å²) >= 11 is 0. The minimum atomic E-state index is -0.0248. The maximum atomic E-state index is 11.2. The number of amides is 1. The fourth-order valence-electron chi connectivity index (χ4n) is 1.16. The zero-order valence-corrected chi connectivity index (χ0v) is 10.1. The highest BCUT2D eigenvalue weighted by atomic mass is 16.1. The van der Waals surface area contributed by atoms with Crippen LogP contribution in [0.5, 0.6) is 0 Å². The van der Waals surface area contributed by atoms with E-state index in [9.17, 15) is 4.79 Å². The van der Waals surface area contributed by atoms with E-state index in [2.05, 4.69) is 18.3 Å². The Balaban J connectivity index is 3.55. The van der Waals surface area contributed by atoms with Crippen LogP contribution in [0, 0.1) is 0 Å². The summed E-state index contributed by atoms with van der Waals surface area (Å²) in [5, 5.41) is 2.79. The lowest BCUT2D eigenvalue weighted by molar-refractivity contribution is -0.116. The number of allylic oxidation sites excluding steroid dienone is 3. The predicted octanol–water partition coefficient (Wildman–Crippen LogP) is 3.20. The van der Waals surface area contributed by atoms with Gasteiger partial charge in [0, 0.05) is 12.1 Å². The Kier molecular flexibility index (Phi) is 8.84. The first kappa shape index (κ1) is 13.9. The van der Waals surface area contributed by atoms with Gasteiger partial charge in [0.05, 0.1) is 0 Å². The van der Waals surface area contributed by atoms with Crippen molar-refractivity contribution in [3.63, 3.8) is 0 Å². The van der Waals surface area contributed by atoms with Crippen molar-refractivity contribution in [2.24, 2.45) is 0 Å². The highest BCUT2D eigenvalue weighted by Crippen LogP contribution is 1.99. The topological polar surface area (TPSA) is 29.1 Å². The van der Waals surface area contributed by atoms with Gasteiger partial charge in [0.2, 0.25) is 5.91 Å². The lowest BCUT2D eigenvalue weighted by atomic mass is 10.2. The summed E-state index contributed by atoms with van der Waals surface area (Å²) in [6, 6.07) is 0.204. The first-order valence-electron chi connectivity index (χ1n) is 5.80. The van der Waals surface area contributed by atoms with E-state index in [4.69, 9.17) is 0 Å². The molecule has 0 aromatic heterocycles. The molecule has 0 aliphatic heterocycles. The minimum absolute atomic E-state index is 0.0248. The van der Waals surface area contributed by atoms with Crippen LogP contribution in [-0.2, 0) is 4.79 Å². The summed E-state index contributed by atoms with van der Waals surface area (Å²) in [5.41, 5.74) is 0. The zero-order chi connectivity index (χ0) is 11.5. The van der Waals surface area contributed by atoms with Crippen molar-refractivity contribution in [2.75, 3.05) is 0 Å². The normalized spacial score (nSPS) is 11.7. The molecule has 2 heteroatoms. The molecule has 0 heterocycles. The Morgan fingerprint density at radius 3 is 2.60 bits per heavy atom.